The molecule has 1 saturated heterocycles. The van der Waals surface area contributed by atoms with E-state index in [0.29, 0.717) is 24.6 Å². The van der Waals surface area contributed by atoms with Gasteiger partial charge in [-0.1, -0.05) is 0 Å². The van der Waals surface area contributed by atoms with Crippen LogP contribution < -0.4 is 15.4 Å². The first kappa shape index (κ1) is 16.3. The summed E-state index contributed by atoms with van der Waals surface area (Å²) in [5, 5.41) is 37.7. The van der Waals surface area contributed by atoms with Crippen molar-refractivity contribution in [3.63, 3.8) is 0 Å². The first-order valence-electron chi connectivity index (χ1n) is 8.08. The summed E-state index contributed by atoms with van der Waals surface area (Å²) in [7, 11) is 1.48. The molecule has 4 rings (SSSR count). The molecule has 0 bridgehead atoms. The quantitative estimate of drug-likeness (QED) is 0.485. The number of aliphatic hydroxyl groups excluding tert-OH is 2. The number of ether oxygens (including phenoxy) is 2. The molecule has 2 aromatic heterocycles. The molecule has 0 aliphatic carbocycles. The standard InChI is InChI=1S/C15H21N5O5/c1-15(23)10(22)8(6-21)25-13(15)20-5-7-9-11(17-4-3-16-7)18-14(24-2)19-12(9)20/h5,8,10,13,16,21-23H,3-4,6H2,1-2H3,(H,17,18,19)/t8-,10-,13?,15+/m1/s1. The summed E-state index contributed by atoms with van der Waals surface area (Å²) in [5.74, 6) is 0.623. The minimum atomic E-state index is -1.60. The van der Waals surface area contributed by atoms with E-state index in [0.717, 1.165) is 11.1 Å². The van der Waals surface area contributed by atoms with Gasteiger partial charge in [-0.05, 0) is 6.92 Å². The zero-order valence-corrected chi connectivity index (χ0v) is 13.9. The zero-order valence-electron chi connectivity index (χ0n) is 13.9. The molecule has 0 amide bonds. The van der Waals surface area contributed by atoms with Crippen molar-refractivity contribution < 1.29 is 24.8 Å². The summed E-state index contributed by atoms with van der Waals surface area (Å²) in [6.07, 6.45) is -1.28. The highest BCUT2D eigenvalue weighted by atomic mass is 16.6. The Morgan fingerprint density at radius 1 is 1.40 bits per heavy atom. The SMILES string of the molecule is COc1nc2c3c(cn(C4O[C@H](CO)[C@@H](O)[C@]4(C)O)c3n1)NCCN2. The van der Waals surface area contributed by atoms with E-state index in [-0.39, 0.29) is 6.01 Å². The minimum Gasteiger partial charge on any atom is -0.467 e. The molecule has 0 spiro atoms. The van der Waals surface area contributed by atoms with Crippen molar-refractivity contribution in [2.24, 2.45) is 0 Å². The first-order valence-corrected chi connectivity index (χ1v) is 8.08. The van der Waals surface area contributed by atoms with Gasteiger partial charge in [0, 0.05) is 19.3 Å². The largest absolute Gasteiger partial charge is 0.467 e. The number of hydrogen-bond donors (Lipinski definition) is 5. The van der Waals surface area contributed by atoms with Crippen molar-refractivity contribution in [2.75, 3.05) is 37.4 Å². The summed E-state index contributed by atoms with van der Waals surface area (Å²) in [4.78, 5) is 8.74. The molecule has 0 radical (unpaired) electrons. The Morgan fingerprint density at radius 3 is 2.84 bits per heavy atom. The molecule has 0 aromatic carbocycles. The third kappa shape index (κ3) is 2.33. The second kappa shape index (κ2) is 5.70. The number of hydrogen-bond acceptors (Lipinski definition) is 9. The van der Waals surface area contributed by atoms with Crippen LogP contribution in [-0.2, 0) is 4.74 Å². The van der Waals surface area contributed by atoms with Crippen LogP contribution in [0, 0.1) is 0 Å². The third-order valence-electron chi connectivity index (χ3n) is 4.75. The van der Waals surface area contributed by atoms with Gasteiger partial charge in [0.1, 0.15) is 23.6 Å². The highest BCUT2D eigenvalue weighted by Gasteiger charge is 2.53. The lowest BCUT2D eigenvalue weighted by molar-refractivity contribution is -0.0948. The number of rotatable bonds is 3. The highest BCUT2D eigenvalue weighted by Crippen LogP contribution is 2.43. The lowest BCUT2D eigenvalue weighted by atomic mass is 9.96. The van der Waals surface area contributed by atoms with Crippen molar-refractivity contribution in [2.45, 2.75) is 31.0 Å². The van der Waals surface area contributed by atoms with E-state index in [1.165, 1.54) is 14.0 Å². The Hall–Kier alpha value is -2.14. The number of nitrogens with one attached hydrogen (secondary N) is 2. The molecule has 1 unspecified atom stereocenters. The van der Waals surface area contributed by atoms with Crippen molar-refractivity contribution in [3.8, 4) is 6.01 Å². The molecule has 10 nitrogen and oxygen atoms in total. The van der Waals surface area contributed by atoms with Crippen LogP contribution in [0.15, 0.2) is 6.20 Å². The third-order valence-corrected chi connectivity index (χ3v) is 4.75. The van der Waals surface area contributed by atoms with Crippen LogP contribution in [0.4, 0.5) is 11.5 Å². The molecule has 25 heavy (non-hydrogen) atoms. The molecule has 2 aliphatic heterocycles. The van der Waals surface area contributed by atoms with Gasteiger partial charge in [0.15, 0.2) is 11.9 Å². The molecule has 4 atom stereocenters. The molecule has 2 aliphatic rings. The van der Waals surface area contributed by atoms with Crippen LogP contribution in [0.5, 0.6) is 6.01 Å². The monoisotopic (exact) mass is 351 g/mol. The summed E-state index contributed by atoms with van der Waals surface area (Å²) < 4.78 is 12.5. The van der Waals surface area contributed by atoms with Crippen molar-refractivity contribution in [1.29, 1.82) is 0 Å². The average molecular weight is 351 g/mol. The number of methoxy groups -OCH3 is 1. The van der Waals surface area contributed by atoms with Gasteiger partial charge in [0.05, 0.1) is 24.8 Å². The summed E-state index contributed by atoms with van der Waals surface area (Å²) >= 11 is 0. The number of aromatic nitrogens is 3. The maximum Gasteiger partial charge on any atom is 0.320 e. The lowest BCUT2D eigenvalue weighted by Crippen LogP contribution is -2.44. The Bertz CT molecular complexity index is 807. The predicted octanol–water partition coefficient (Wildman–Crippen LogP) is -0.721. The second-order valence-electron chi connectivity index (χ2n) is 6.44. The van der Waals surface area contributed by atoms with Gasteiger partial charge in [-0.25, -0.2) is 0 Å². The fourth-order valence-electron chi connectivity index (χ4n) is 3.43. The first-order chi connectivity index (χ1) is 12.0. The van der Waals surface area contributed by atoms with E-state index in [1.807, 2.05) is 0 Å². The molecule has 10 heteroatoms. The topological polar surface area (TPSA) is 134 Å². The summed E-state index contributed by atoms with van der Waals surface area (Å²) in [5.41, 5.74) is -0.319. The van der Waals surface area contributed by atoms with E-state index in [2.05, 4.69) is 20.6 Å². The molecule has 1 fully saturated rings. The van der Waals surface area contributed by atoms with Gasteiger partial charge in [-0.3, -0.25) is 0 Å². The Labute approximate surface area is 143 Å². The van der Waals surface area contributed by atoms with Gasteiger partial charge in [0.2, 0.25) is 0 Å². The molecule has 4 heterocycles. The Morgan fingerprint density at radius 2 is 2.16 bits per heavy atom. The number of anilines is 2. The smallest absolute Gasteiger partial charge is 0.320 e. The highest BCUT2D eigenvalue weighted by molar-refractivity contribution is 6.00. The lowest BCUT2D eigenvalue weighted by Gasteiger charge is -2.27. The van der Waals surface area contributed by atoms with Crippen molar-refractivity contribution >= 4 is 22.5 Å². The molecule has 136 valence electrons. The predicted molar refractivity (Wildman–Crippen MR) is 88.7 cm³/mol. The van der Waals surface area contributed by atoms with Crippen LogP contribution in [0.1, 0.15) is 13.2 Å². The van der Waals surface area contributed by atoms with Crippen LogP contribution >= 0.6 is 0 Å². The van der Waals surface area contributed by atoms with Crippen LogP contribution in [0.3, 0.4) is 0 Å². The van der Waals surface area contributed by atoms with Crippen LogP contribution in [0.25, 0.3) is 11.0 Å². The maximum atomic E-state index is 10.8. The van der Waals surface area contributed by atoms with E-state index < -0.39 is 30.6 Å². The fraction of sp³-hybridized carbons (Fsp3) is 0.600. The molecule has 0 saturated carbocycles. The zero-order chi connectivity index (χ0) is 17.8. The fourth-order valence-corrected chi connectivity index (χ4v) is 3.43. The number of nitrogens with zero attached hydrogens (tertiary/aromatic N) is 3. The van der Waals surface area contributed by atoms with Gasteiger partial charge in [0.25, 0.3) is 0 Å². The molecule has 5 N–H and O–H groups in total. The normalized spacial score (nSPS) is 31.5. The van der Waals surface area contributed by atoms with Gasteiger partial charge in [-0.15, -0.1) is 0 Å². The molecular weight excluding hydrogens is 330 g/mol. The minimum absolute atomic E-state index is 0.180. The number of aliphatic hydroxyl groups is 3. The van der Waals surface area contributed by atoms with Gasteiger partial charge < -0.3 is 40.0 Å². The molecule has 2 aromatic rings. The van der Waals surface area contributed by atoms with Crippen LogP contribution in [0.2, 0.25) is 0 Å². The van der Waals surface area contributed by atoms with E-state index in [9.17, 15) is 15.3 Å². The summed E-state index contributed by atoms with van der Waals surface area (Å²) in [6, 6.07) is 0.180. The second-order valence-corrected chi connectivity index (χ2v) is 6.44. The summed E-state index contributed by atoms with van der Waals surface area (Å²) in [6.45, 7) is 2.44. The molecular formula is C15H21N5O5. The van der Waals surface area contributed by atoms with Gasteiger partial charge in [-0.2, -0.15) is 9.97 Å². The van der Waals surface area contributed by atoms with E-state index >= 15 is 0 Å². The van der Waals surface area contributed by atoms with Crippen LogP contribution in [-0.4, -0.2) is 74.5 Å². The maximum absolute atomic E-state index is 10.8. The van der Waals surface area contributed by atoms with Gasteiger partial charge >= 0.3 is 6.01 Å². The van der Waals surface area contributed by atoms with Crippen molar-refractivity contribution in [1.82, 2.24) is 14.5 Å². The van der Waals surface area contributed by atoms with E-state index in [4.69, 9.17) is 9.47 Å². The van der Waals surface area contributed by atoms with E-state index in [1.54, 1.807) is 10.8 Å². The Kier molecular flexibility index (Phi) is 3.72. The Balaban J connectivity index is 1.91. The average Bonchev–Trinajstić information content (AvgIpc) is 2.96. The van der Waals surface area contributed by atoms with Crippen molar-refractivity contribution in [3.05, 3.63) is 6.20 Å².